The van der Waals surface area contributed by atoms with Crippen molar-refractivity contribution in [3.05, 3.63) is 71.8 Å². The molecule has 3 unspecified atom stereocenters. The van der Waals surface area contributed by atoms with Gasteiger partial charge in [-0.05, 0) is 36.8 Å². The van der Waals surface area contributed by atoms with E-state index in [1.165, 1.54) is 5.56 Å². The summed E-state index contributed by atoms with van der Waals surface area (Å²) in [5, 5.41) is 9.76. The molecule has 3 rings (SSSR count). The van der Waals surface area contributed by atoms with Crippen molar-refractivity contribution in [2.45, 2.75) is 25.1 Å². The molecule has 22 heavy (non-hydrogen) atoms. The van der Waals surface area contributed by atoms with Crippen molar-refractivity contribution < 1.29 is 9.67 Å². The summed E-state index contributed by atoms with van der Waals surface area (Å²) in [7, 11) is -2.63. The standard InChI is InChI=1S/C19H23O2P/c1-19(20,18-10-6-3-7-11-18)22(21)13-12-17(15-22)14-16-8-4-2-5-9-16/h2-11,17,20H,12-15H2,1H3. The van der Waals surface area contributed by atoms with Crippen LogP contribution in [0.3, 0.4) is 0 Å². The van der Waals surface area contributed by atoms with Crippen LogP contribution in [0.5, 0.6) is 0 Å². The third-order valence-electron chi connectivity index (χ3n) is 4.93. The van der Waals surface area contributed by atoms with Gasteiger partial charge in [0.05, 0.1) is 0 Å². The highest BCUT2D eigenvalue weighted by Crippen LogP contribution is 2.66. The summed E-state index contributed by atoms with van der Waals surface area (Å²) in [5.41, 5.74) is 2.07. The lowest BCUT2D eigenvalue weighted by Gasteiger charge is -2.31. The van der Waals surface area contributed by atoms with E-state index in [1.807, 2.05) is 48.5 Å². The maximum atomic E-state index is 13.4. The molecule has 0 saturated carbocycles. The molecule has 1 aliphatic heterocycles. The van der Waals surface area contributed by atoms with E-state index in [0.29, 0.717) is 18.2 Å². The van der Waals surface area contributed by atoms with Crippen LogP contribution in [0.25, 0.3) is 0 Å². The van der Waals surface area contributed by atoms with Gasteiger partial charge in [0.15, 0.2) is 0 Å². The zero-order chi connectivity index (χ0) is 15.6. The van der Waals surface area contributed by atoms with Crippen LogP contribution in [0.4, 0.5) is 0 Å². The lowest BCUT2D eigenvalue weighted by molar-refractivity contribution is 0.143. The fraction of sp³-hybridized carbons (Fsp3) is 0.368. The predicted molar refractivity (Wildman–Crippen MR) is 91.6 cm³/mol. The summed E-state index contributed by atoms with van der Waals surface area (Å²) in [5.74, 6) is 0.406. The largest absolute Gasteiger partial charge is 0.378 e. The summed E-state index contributed by atoms with van der Waals surface area (Å²) < 4.78 is 13.4. The Morgan fingerprint density at radius 1 is 1.09 bits per heavy atom. The lowest BCUT2D eigenvalue weighted by atomic mass is 9.99. The summed E-state index contributed by atoms with van der Waals surface area (Å²) in [6.07, 6.45) is 3.18. The van der Waals surface area contributed by atoms with Crippen molar-refractivity contribution in [2.24, 2.45) is 5.92 Å². The van der Waals surface area contributed by atoms with Gasteiger partial charge in [0.25, 0.3) is 0 Å². The van der Waals surface area contributed by atoms with Crippen LogP contribution in [-0.4, -0.2) is 17.4 Å². The Bertz CT molecular complexity index is 664. The minimum atomic E-state index is -2.63. The van der Waals surface area contributed by atoms with Crippen LogP contribution in [0.2, 0.25) is 0 Å². The average molecular weight is 314 g/mol. The molecule has 116 valence electrons. The first-order valence-corrected chi connectivity index (χ1v) is 9.99. The third kappa shape index (κ3) is 2.91. The summed E-state index contributed by atoms with van der Waals surface area (Å²) >= 11 is 0. The second kappa shape index (κ2) is 6.02. The first-order chi connectivity index (χ1) is 10.5. The molecule has 0 radical (unpaired) electrons. The average Bonchev–Trinajstić information content (AvgIpc) is 2.92. The van der Waals surface area contributed by atoms with Crippen LogP contribution >= 0.6 is 7.14 Å². The van der Waals surface area contributed by atoms with Crippen LogP contribution in [0.15, 0.2) is 60.7 Å². The molecule has 1 N–H and O–H groups in total. The van der Waals surface area contributed by atoms with Gasteiger partial charge in [-0.25, -0.2) is 0 Å². The third-order valence-corrected chi connectivity index (χ3v) is 8.87. The van der Waals surface area contributed by atoms with Gasteiger partial charge in [0, 0.05) is 12.3 Å². The number of benzene rings is 2. The van der Waals surface area contributed by atoms with Crippen LogP contribution < -0.4 is 0 Å². The quantitative estimate of drug-likeness (QED) is 0.845. The molecule has 3 atom stereocenters. The molecule has 2 aromatic carbocycles. The molecule has 1 aliphatic rings. The van der Waals surface area contributed by atoms with Crippen LogP contribution in [0.1, 0.15) is 24.5 Å². The van der Waals surface area contributed by atoms with Crippen molar-refractivity contribution in [3.8, 4) is 0 Å². The highest BCUT2D eigenvalue weighted by Gasteiger charge is 2.48. The molecule has 2 nitrogen and oxygen atoms in total. The number of aliphatic hydroxyl groups is 1. The van der Waals surface area contributed by atoms with E-state index in [2.05, 4.69) is 12.1 Å². The molecule has 1 heterocycles. The van der Waals surface area contributed by atoms with Crippen LogP contribution in [-0.2, 0) is 16.3 Å². The fourth-order valence-electron chi connectivity index (χ4n) is 3.49. The van der Waals surface area contributed by atoms with Crippen molar-refractivity contribution >= 4 is 7.14 Å². The molecule has 3 heteroatoms. The molecule has 0 aliphatic carbocycles. The van der Waals surface area contributed by atoms with E-state index >= 15 is 0 Å². The number of rotatable bonds is 4. The van der Waals surface area contributed by atoms with E-state index < -0.39 is 12.5 Å². The van der Waals surface area contributed by atoms with E-state index in [-0.39, 0.29) is 0 Å². The topological polar surface area (TPSA) is 37.3 Å². The summed E-state index contributed by atoms with van der Waals surface area (Å²) in [4.78, 5) is 0. The van der Waals surface area contributed by atoms with Gasteiger partial charge < -0.3 is 9.67 Å². The van der Waals surface area contributed by atoms with Gasteiger partial charge in [-0.1, -0.05) is 60.7 Å². The van der Waals surface area contributed by atoms with E-state index in [4.69, 9.17) is 0 Å². The minimum absolute atomic E-state index is 0.406. The minimum Gasteiger partial charge on any atom is -0.378 e. The Balaban J connectivity index is 1.77. The molecule has 0 bridgehead atoms. The molecule has 0 aromatic heterocycles. The van der Waals surface area contributed by atoms with Crippen LogP contribution in [0, 0.1) is 5.92 Å². The number of hydrogen-bond acceptors (Lipinski definition) is 2. The summed E-state index contributed by atoms with van der Waals surface area (Å²) in [6, 6.07) is 19.8. The Morgan fingerprint density at radius 2 is 1.68 bits per heavy atom. The molecule has 1 saturated heterocycles. The van der Waals surface area contributed by atoms with Crippen molar-refractivity contribution in [2.75, 3.05) is 12.3 Å². The smallest absolute Gasteiger partial charge is 0.139 e. The van der Waals surface area contributed by atoms with Gasteiger partial charge in [-0.3, -0.25) is 0 Å². The first-order valence-electron chi connectivity index (χ1n) is 7.91. The van der Waals surface area contributed by atoms with E-state index in [1.54, 1.807) is 6.92 Å². The zero-order valence-electron chi connectivity index (χ0n) is 13.0. The van der Waals surface area contributed by atoms with Crippen molar-refractivity contribution in [1.29, 1.82) is 0 Å². The van der Waals surface area contributed by atoms with E-state index in [9.17, 15) is 9.67 Å². The second-order valence-corrected chi connectivity index (χ2v) is 9.99. The van der Waals surface area contributed by atoms with Gasteiger partial charge in [-0.15, -0.1) is 0 Å². The number of hydrogen-bond donors (Lipinski definition) is 1. The summed E-state index contributed by atoms with van der Waals surface area (Å²) in [6.45, 7) is 1.73. The molecule has 2 aromatic rings. The maximum absolute atomic E-state index is 13.4. The molecule has 1 fully saturated rings. The van der Waals surface area contributed by atoms with Gasteiger partial charge >= 0.3 is 0 Å². The van der Waals surface area contributed by atoms with Crippen molar-refractivity contribution in [1.82, 2.24) is 0 Å². The molecular formula is C19H23O2P. The van der Waals surface area contributed by atoms with Crippen molar-refractivity contribution in [3.63, 3.8) is 0 Å². The van der Waals surface area contributed by atoms with Gasteiger partial charge in [-0.2, -0.15) is 0 Å². The predicted octanol–water partition coefficient (Wildman–Crippen LogP) is 4.48. The maximum Gasteiger partial charge on any atom is 0.139 e. The second-order valence-electron chi connectivity index (χ2n) is 6.53. The first kappa shape index (κ1) is 15.5. The monoisotopic (exact) mass is 314 g/mol. The fourth-order valence-corrected chi connectivity index (χ4v) is 7.01. The molecule has 0 amide bonds. The Hall–Kier alpha value is -1.37. The molecule has 0 spiro atoms. The lowest BCUT2D eigenvalue weighted by Crippen LogP contribution is -2.23. The van der Waals surface area contributed by atoms with Gasteiger partial charge in [0.1, 0.15) is 12.5 Å². The highest BCUT2D eigenvalue weighted by atomic mass is 31.2. The Morgan fingerprint density at radius 3 is 2.32 bits per heavy atom. The highest BCUT2D eigenvalue weighted by molar-refractivity contribution is 7.65. The van der Waals surface area contributed by atoms with E-state index in [0.717, 1.165) is 18.4 Å². The molecular weight excluding hydrogens is 291 g/mol. The van der Waals surface area contributed by atoms with Gasteiger partial charge in [0.2, 0.25) is 0 Å². The Kier molecular flexibility index (Phi) is 4.25. The zero-order valence-corrected chi connectivity index (χ0v) is 13.9. The normalized spacial score (nSPS) is 27.5. The Labute approximate surface area is 132 Å². The SMILES string of the molecule is CC(O)(c1ccccc1)P1(=O)CCC(Cc2ccccc2)C1.